The van der Waals surface area contributed by atoms with Crippen LogP contribution in [0.5, 0.6) is 0 Å². The quantitative estimate of drug-likeness (QED) is 0.165. The largest absolute Gasteiger partial charge is 0.457 e. The van der Waals surface area contributed by atoms with E-state index in [-0.39, 0.29) is 5.11 Å². The molecule has 0 unspecified atom stereocenters. The summed E-state index contributed by atoms with van der Waals surface area (Å²) < 4.78 is 7.39. The minimum absolute atomic E-state index is 0.109. The topological polar surface area (TPSA) is 85.0 Å². The van der Waals surface area contributed by atoms with Crippen LogP contribution < -0.4 is 10.7 Å². The molecule has 0 saturated carbocycles. The Morgan fingerprint density at radius 1 is 1.11 bits per heavy atom. The number of nitrogens with one attached hydrogen (secondary N) is 2. The fraction of sp³-hybridized carbons (Fsp3) is 0.0833. The van der Waals surface area contributed by atoms with Crippen molar-refractivity contribution in [2.75, 3.05) is 5.43 Å². The molecule has 0 spiro atoms. The number of rotatable bonds is 7. The predicted molar refractivity (Wildman–Crippen MR) is 144 cm³/mol. The Hall–Kier alpha value is -3.11. The predicted octanol–water partition coefficient (Wildman–Crippen LogP) is 6.10. The minimum atomic E-state index is -0.421. The van der Waals surface area contributed by atoms with E-state index < -0.39 is 5.91 Å². The molecule has 0 aliphatic carbocycles. The first-order chi connectivity index (χ1) is 16.9. The normalized spacial score (nSPS) is 11.1. The molecule has 0 aliphatic heterocycles. The number of nitrogens with zero attached hydrogens (tertiary/aromatic N) is 3. The average Bonchev–Trinajstić information content (AvgIpc) is 3.44. The molecule has 0 radical (unpaired) electrons. The lowest BCUT2D eigenvalue weighted by Gasteiger charge is -2.12. The van der Waals surface area contributed by atoms with Crippen molar-refractivity contribution in [1.82, 2.24) is 20.2 Å². The number of benzene rings is 2. The van der Waals surface area contributed by atoms with Crippen LogP contribution in [0.2, 0.25) is 10.0 Å². The van der Waals surface area contributed by atoms with Crippen molar-refractivity contribution in [3.8, 4) is 11.3 Å². The van der Waals surface area contributed by atoms with Crippen molar-refractivity contribution >= 4 is 64.3 Å². The van der Waals surface area contributed by atoms with Gasteiger partial charge in [0.2, 0.25) is 11.1 Å². The molecular weight excluding hydrogens is 525 g/mol. The monoisotopic (exact) mass is 543 g/mol. The number of hydrogen-bond donors (Lipinski definition) is 2. The Morgan fingerprint density at radius 2 is 1.86 bits per heavy atom. The number of carbonyl (C=O) groups excluding carboxylic acids is 1. The molecular formula is C24H19Cl2N5O2S2. The van der Waals surface area contributed by atoms with Crippen LogP contribution in [0.3, 0.4) is 0 Å². The van der Waals surface area contributed by atoms with Gasteiger partial charge in [0.1, 0.15) is 17.3 Å². The number of carbonyl (C=O) groups is 1. The number of aromatic nitrogens is 3. The Balaban J connectivity index is 1.33. The Bertz CT molecular complexity index is 1370. The molecule has 0 atom stereocenters. The highest BCUT2D eigenvalue weighted by molar-refractivity contribution is 7.98. The Morgan fingerprint density at radius 3 is 2.60 bits per heavy atom. The van der Waals surface area contributed by atoms with E-state index in [1.54, 1.807) is 48.0 Å². The van der Waals surface area contributed by atoms with Crippen LogP contribution in [0.1, 0.15) is 17.1 Å². The third-order valence-corrected chi connectivity index (χ3v) is 6.26. The minimum Gasteiger partial charge on any atom is -0.457 e. The van der Waals surface area contributed by atoms with Gasteiger partial charge in [-0.2, -0.15) is 0 Å². The van der Waals surface area contributed by atoms with Gasteiger partial charge in [-0.1, -0.05) is 65.3 Å². The molecule has 11 heteroatoms. The van der Waals surface area contributed by atoms with E-state index in [9.17, 15) is 4.79 Å². The van der Waals surface area contributed by atoms with Crippen LogP contribution >= 0.6 is 47.2 Å². The van der Waals surface area contributed by atoms with Gasteiger partial charge in [0.05, 0.1) is 0 Å². The standard InChI is InChI=1S/C24H19Cl2N5O2S2/c1-15-28-29-24(35-14-16-5-3-2-4-6-16)31(15)30-23(34)27-22(32)10-8-20-7-9-21(33-20)17-11-18(25)13-19(26)12-17/h2-13H,14H2,1H3,(H2,27,30,32,34)/b10-8+. The van der Waals surface area contributed by atoms with Gasteiger partial charge in [-0.25, -0.2) is 4.68 Å². The van der Waals surface area contributed by atoms with Crippen LogP contribution in [0.25, 0.3) is 17.4 Å². The van der Waals surface area contributed by atoms with Crippen molar-refractivity contribution in [1.29, 1.82) is 0 Å². The second kappa shape index (κ2) is 11.5. The summed E-state index contributed by atoms with van der Waals surface area (Å²) in [6.45, 7) is 1.79. The molecule has 4 rings (SSSR count). The number of hydrogen-bond acceptors (Lipinski definition) is 6. The molecule has 35 heavy (non-hydrogen) atoms. The van der Waals surface area contributed by atoms with E-state index in [0.29, 0.717) is 32.5 Å². The first kappa shape index (κ1) is 25.0. The number of halogens is 2. The lowest BCUT2D eigenvalue weighted by molar-refractivity contribution is -0.115. The van der Waals surface area contributed by atoms with Crippen LogP contribution in [0.15, 0.2) is 76.3 Å². The van der Waals surface area contributed by atoms with Crippen LogP contribution in [0.4, 0.5) is 0 Å². The van der Waals surface area contributed by atoms with Gasteiger partial charge in [-0.05, 0) is 61.1 Å². The summed E-state index contributed by atoms with van der Waals surface area (Å²) in [4.78, 5) is 12.4. The maximum Gasteiger partial charge on any atom is 0.250 e. The van der Waals surface area contributed by atoms with Gasteiger partial charge < -0.3 is 4.42 Å². The summed E-state index contributed by atoms with van der Waals surface area (Å²) in [5.74, 6) is 1.97. The molecule has 7 nitrogen and oxygen atoms in total. The van der Waals surface area contributed by atoms with E-state index in [1.165, 1.54) is 17.8 Å². The van der Waals surface area contributed by atoms with E-state index in [4.69, 9.17) is 39.8 Å². The van der Waals surface area contributed by atoms with Gasteiger partial charge in [0.15, 0.2) is 5.11 Å². The summed E-state index contributed by atoms with van der Waals surface area (Å²) in [6.07, 6.45) is 2.87. The van der Waals surface area contributed by atoms with Crippen molar-refractivity contribution in [2.45, 2.75) is 17.8 Å². The van der Waals surface area contributed by atoms with Crippen molar-refractivity contribution in [2.24, 2.45) is 0 Å². The van der Waals surface area contributed by atoms with Crippen LogP contribution in [-0.2, 0) is 10.5 Å². The highest BCUT2D eigenvalue weighted by Gasteiger charge is 2.12. The van der Waals surface area contributed by atoms with Gasteiger partial charge >= 0.3 is 0 Å². The Labute approximate surface area is 221 Å². The second-order valence-corrected chi connectivity index (χ2v) is 9.49. The van der Waals surface area contributed by atoms with E-state index in [2.05, 4.69) is 20.9 Å². The second-order valence-electron chi connectivity index (χ2n) is 7.26. The molecule has 0 saturated heterocycles. The zero-order chi connectivity index (χ0) is 24.8. The first-order valence-corrected chi connectivity index (χ1v) is 12.5. The lowest BCUT2D eigenvalue weighted by atomic mass is 10.2. The molecule has 0 bridgehead atoms. The van der Waals surface area contributed by atoms with Crippen molar-refractivity contribution in [3.05, 3.63) is 93.9 Å². The molecule has 2 N–H and O–H groups in total. The van der Waals surface area contributed by atoms with Gasteiger partial charge in [0, 0.05) is 27.4 Å². The van der Waals surface area contributed by atoms with Gasteiger partial charge in [0.25, 0.3) is 0 Å². The summed E-state index contributed by atoms with van der Waals surface area (Å²) in [7, 11) is 0. The number of furan rings is 1. The summed E-state index contributed by atoms with van der Waals surface area (Å²) in [5, 5.41) is 12.6. The highest BCUT2D eigenvalue weighted by Crippen LogP contribution is 2.29. The maximum atomic E-state index is 12.4. The fourth-order valence-electron chi connectivity index (χ4n) is 3.02. The average molecular weight is 544 g/mol. The zero-order valence-electron chi connectivity index (χ0n) is 18.4. The van der Waals surface area contributed by atoms with E-state index >= 15 is 0 Å². The smallest absolute Gasteiger partial charge is 0.250 e. The SMILES string of the molecule is Cc1nnc(SCc2ccccc2)n1NC(=S)NC(=O)/C=C/c1ccc(-c2cc(Cl)cc(Cl)c2)o1. The molecule has 2 aromatic heterocycles. The summed E-state index contributed by atoms with van der Waals surface area (Å²) >= 11 is 18.9. The summed E-state index contributed by atoms with van der Waals surface area (Å²) in [5.41, 5.74) is 4.84. The van der Waals surface area contributed by atoms with Crippen molar-refractivity contribution < 1.29 is 9.21 Å². The fourth-order valence-corrected chi connectivity index (χ4v) is 4.63. The lowest BCUT2D eigenvalue weighted by Crippen LogP contribution is -2.37. The summed E-state index contributed by atoms with van der Waals surface area (Å²) in [6, 6.07) is 18.7. The molecule has 2 heterocycles. The Kier molecular flexibility index (Phi) is 8.25. The van der Waals surface area contributed by atoms with Crippen molar-refractivity contribution in [3.63, 3.8) is 0 Å². The van der Waals surface area contributed by atoms with Crippen LogP contribution in [-0.4, -0.2) is 25.9 Å². The molecule has 1 amide bonds. The first-order valence-electron chi connectivity index (χ1n) is 10.3. The third-order valence-electron chi connectivity index (χ3n) is 4.63. The molecule has 2 aromatic carbocycles. The van der Waals surface area contributed by atoms with Crippen LogP contribution in [0, 0.1) is 6.92 Å². The number of aryl methyl sites for hydroxylation is 1. The molecule has 178 valence electrons. The van der Waals surface area contributed by atoms with Gasteiger partial charge in [-0.3, -0.25) is 15.5 Å². The zero-order valence-corrected chi connectivity index (χ0v) is 21.5. The number of thiocarbonyl (C=S) groups is 1. The molecule has 0 fully saturated rings. The number of thioether (sulfide) groups is 1. The van der Waals surface area contributed by atoms with Gasteiger partial charge in [-0.15, -0.1) is 10.2 Å². The molecule has 0 aliphatic rings. The van der Waals surface area contributed by atoms with E-state index in [0.717, 1.165) is 16.9 Å². The molecule has 4 aromatic rings. The third kappa shape index (κ3) is 6.95. The highest BCUT2D eigenvalue weighted by atomic mass is 35.5. The maximum absolute atomic E-state index is 12.4. The van der Waals surface area contributed by atoms with E-state index in [1.807, 2.05) is 30.3 Å². The number of amides is 1.